The molecule has 0 aliphatic carbocycles. The first kappa shape index (κ1) is 20.1. The van der Waals surface area contributed by atoms with Gasteiger partial charge in [0.25, 0.3) is 5.69 Å². The Kier molecular flexibility index (Phi) is 5.65. The number of nitro benzene ring substituents is 1. The van der Waals surface area contributed by atoms with Crippen molar-refractivity contribution in [3.05, 3.63) is 99.2 Å². The zero-order chi connectivity index (χ0) is 21.8. The summed E-state index contributed by atoms with van der Waals surface area (Å²) >= 11 is 5.86. The van der Waals surface area contributed by atoms with Crippen LogP contribution in [0.15, 0.2) is 72.9 Å². The molecule has 0 fully saturated rings. The number of nitrogens with zero attached hydrogens (tertiary/aromatic N) is 3. The molecular formula is C23H14ClN3O4. The van der Waals surface area contributed by atoms with Crippen LogP contribution < -0.4 is 9.47 Å². The normalized spacial score (nSPS) is 10.5. The van der Waals surface area contributed by atoms with Crippen LogP contribution in [-0.4, -0.2) is 9.91 Å². The molecule has 0 amide bonds. The van der Waals surface area contributed by atoms with Crippen LogP contribution in [-0.2, 0) is 6.61 Å². The molecular weight excluding hydrogens is 418 g/mol. The summed E-state index contributed by atoms with van der Waals surface area (Å²) in [6.07, 6.45) is 1.55. The highest BCUT2D eigenvalue weighted by Crippen LogP contribution is 2.35. The number of nitriles is 1. The molecule has 152 valence electrons. The summed E-state index contributed by atoms with van der Waals surface area (Å²) in [7, 11) is 0. The van der Waals surface area contributed by atoms with Gasteiger partial charge in [0.1, 0.15) is 34.9 Å². The molecule has 0 aliphatic heterocycles. The third-order valence-electron chi connectivity index (χ3n) is 4.50. The van der Waals surface area contributed by atoms with Gasteiger partial charge in [-0.2, -0.15) is 5.26 Å². The van der Waals surface area contributed by atoms with Crippen LogP contribution in [0.3, 0.4) is 0 Å². The Morgan fingerprint density at radius 2 is 1.87 bits per heavy atom. The Labute approximate surface area is 182 Å². The Morgan fingerprint density at radius 3 is 2.61 bits per heavy atom. The van der Waals surface area contributed by atoms with Crippen molar-refractivity contribution in [2.45, 2.75) is 6.61 Å². The summed E-state index contributed by atoms with van der Waals surface area (Å²) < 4.78 is 11.7. The predicted molar refractivity (Wildman–Crippen MR) is 115 cm³/mol. The summed E-state index contributed by atoms with van der Waals surface area (Å²) in [4.78, 5) is 14.9. The van der Waals surface area contributed by atoms with Gasteiger partial charge in [0.05, 0.1) is 22.1 Å². The lowest BCUT2D eigenvalue weighted by Gasteiger charge is -2.12. The Hall–Kier alpha value is -4.15. The van der Waals surface area contributed by atoms with E-state index in [0.29, 0.717) is 34.6 Å². The molecule has 4 rings (SSSR count). The van der Waals surface area contributed by atoms with Crippen molar-refractivity contribution >= 4 is 28.2 Å². The van der Waals surface area contributed by atoms with Gasteiger partial charge in [-0.3, -0.25) is 15.1 Å². The van der Waals surface area contributed by atoms with Gasteiger partial charge in [-0.15, -0.1) is 0 Å². The Morgan fingerprint density at radius 1 is 1.06 bits per heavy atom. The van der Waals surface area contributed by atoms with E-state index in [1.165, 1.54) is 18.2 Å². The van der Waals surface area contributed by atoms with Crippen molar-refractivity contribution in [3.8, 4) is 23.3 Å². The molecule has 0 unspecified atom stereocenters. The molecule has 0 saturated carbocycles. The van der Waals surface area contributed by atoms with Gasteiger partial charge in [-0.1, -0.05) is 41.9 Å². The van der Waals surface area contributed by atoms with Crippen molar-refractivity contribution in [3.63, 3.8) is 0 Å². The van der Waals surface area contributed by atoms with Gasteiger partial charge >= 0.3 is 0 Å². The van der Waals surface area contributed by atoms with E-state index in [4.69, 9.17) is 21.1 Å². The molecule has 8 heteroatoms. The highest BCUT2D eigenvalue weighted by molar-refractivity contribution is 6.32. The number of ether oxygens (including phenoxy) is 2. The molecule has 3 aromatic carbocycles. The van der Waals surface area contributed by atoms with Gasteiger partial charge in [-0.05, 0) is 29.8 Å². The van der Waals surface area contributed by atoms with Crippen LogP contribution in [0.25, 0.3) is 10.9 Å². The lowest BCUT2D eigenvalue weighted by atomic mass is 10.1. The molecule has 0 spiro atoms. The Balaban J connectivity index is 1.68. The highest BCUT2D eigenvalue weighted by Gasteiger charge is 2.16. The monoisotopic (exact) mass is 431 g/mol. The fourth-order valence-electron chi connectivity index (χ4n) is 3.00. The van der Waals surface area contributed by atoms with E-state index in [0.717, 1.165) is 5.56 Å². The van der Waals surface area contributed by atoms with Crippen molar-refractivity contribution in [2.75, 3.05) is 0 Å². The fraction of sp³-hybridized carbons (Fsp3) is 0.0435. The molecule has 1 heterocycles. The van der Waals surface area contributed by atoms with Gasteiger partial charge < -0.3 is 9.47 Å². The summed E-state index contributed by atoms with van der Waals surface area (Å²) in [5, 5.41) is 21.3. The number of hydrogen-bond acceptors (Lipinski definition) is 6. The van der Waals surface area contributed by atoms with E-state index in [1.54, 1.807) is 24.4 Å². The number of rotatable bonds is 6. The minimum Gasteiger partial charge on any atom is -0.487 e. The number of nitro groups is 1. The Bertz CT molecular complexity index is 1320. The van der Waals surface area contributed by atoms with Gasteiger partial charge in [0.2, 0.25) is 0 Å². The van der Waals surface area contributed by atoms with Gasteiger partial charge in [0.15, 0.2) is 0 Å². The van der Waals surface area contributed by atoms with Crippen LogP contribution >= 0.6 is 11.6 Å². The van der Waals surface area contributed by atoms with E-state index in [1.807, 2.05) is 30.3 Å². The number of pyridine rings is 1. The lowest BCUT2D eigenvalue weighted by Crippen LogP contribution is -1.98. The van der Waals surface area contributed by atoms with Crippen LogP contribution in [0, 0.1) is 21.4 Å². The maximum atomic E-state index is 11.1. The summed E-state index contributed by atoms with van der Waals surface area (Å²) in [5.41, 5.74) is 1.60. The molecule has 0 radical (unpaired) electrons. The van der Waals surface area contributed by atoms with Crippen molar-refractivity contribution in [2.24, 2.45) is 0 Å². The zero-order valence-corrected chi connectivity index (χ0v) is 16.7. The average Bonchev–Trinajstić information content (AvgIpc) is 2.79. The third-order valence-corrected chi connectivity index (χ3v) is 4.82. The zero-order valence-electron chi connectivity index (χ0n) is 16.0. The summed E-state index contributed by atoms with van der Waals surface area (Å²) in [6, 6.07) is 20.8. The number of aromatic nitrogens is 1. The smallest absolute Gasteiger partial charge is 0.291 e. The van der Waals surface area contributed by atoms with Crippen molar-refractivity contribution in [1.29, 1.82) is 5.26 Å². The molecule has 0 bridgehead atoms. The van der Waals surface area contributed by atoms with E-state index >= 15 is 0 Å². The van der Waals surface area contributed by atoms with E-state index < -0.39 is 4.92 Å². The maximum Gasteiger partial charge on any atom is 0.291 e. The van der Waals surface area contributed by atoms with Crippen molar-refractivity contribution < 1.29 is 14.4 Å². The predicted octanol–water partition coefficient (Wildman–Crippen LogP) is 6.04. The second-order valence-corrected chi connectivity index (χ2v) is 6.94. The molecule has 0 atom stereocenters. The van der Waals surface area contributed by atoms with Gasteiger partial charge in [-0.25, -0.2) is 0 Å². The van der Waals surface area contributed by atoms with E-state index in [9.17, 15) is 15.4 Å². The SMILES string of the molecule is N#Cc1cc2c(Oc3ccc(Cl)c([N+](=O)[O-])c3)ccnc2cc1OCc1ccccc1. The van der Waals surface area contributed by atoms with Crippen LogP contribution in [0.4, 0.5) is 5.69 Å². The first-order chi connectivity index (χ1) is 15.0. The first-order valence-corrected chi connectivity index (χ1v) is 9.54. The second-order valence-electron chi connectivity index (χ2n) is 6.53. The second kappa shape index (κ2) is 8.69. The summed E-state index contributed by atoms with van der Waals surface area (Å²) in [6.45, 7) is 0.311. The van der Waals surface area contributed by atoms with Crippen molar-refractivity contribution in [1.82, 2.24) is 4.98 Å². The molecule has 1 aromatic heterocycles. The van der Waals surface area contributed by atoms with Gasteiger partial charge in [0, 0.05) is 17.6 Å². The molecule has 0 aliphatic rings. The third kappa shape index (κ3) is 4.39. The largest absolute Gasteiger partial charge is 0.487 e. The van der Waals surface area contributed by atoms with E-state index in [-0.39, 0.29) is 16.5 Å². The maximum absolute atomic E-state index is 11.1. The number of fused-ring (bicyclic) bond motifs is 1. The average molecular weight is 432 g/mol. The topological polar surface area (TPSA) is 98.3 Å². The minimum absolute atomic E-state index is 0.0175. The fourth-order valence-corrected chi connectivity index (χ4v) is 3.19. The number of hydrogen-bond donors (Lipinski definition) is 0. The first-order valence-electron chi connectivity index (χ1n) is 9.16. The molecule has 4 aromatic rings. The molecule has 0 saturated heterocycles. The number of benzene rings is 3. The van der Waals surface area contributed by atoms with Crippen LogP contribution in [0.2, 0.25) is 5.02 Å². The minimum atomic E-state index is -0.579. The molecule has 7 nitrogen and oxygen atoms in total. The quantitative estimate of drug-likeness (QED) is 0.272. The highest BCUT2D eigenvalue weighted by atomic mass is 35.5. The lowest BCUT2D eigenvalue weighted by molar-refractivity contribution is -0.384. The van der Waals surface area contributed by atoms with Crippen LogP contribution in [0.1, 0.15) is 11.1 Å². The number of halogens is 1. The molecule has 0 N–H and O–H groups in total. The standard InChI is InChI=1S/C23H14ClN3O4/c24-19-7-6-17(11-21(19)27(28)29)31-22-8-9-26-20-12-23(16(13-25)10-18(20)22)30-14-15-4-2-1-3-5-15/h1-12H,14H2. The molecule has 31 heavy (non-hydrogen) atoms. The van der Waals surface area contributed by atoms with E-state index in [2.05, 4.69) is 11.1 Å². The van der Waals surface area contributed by atoms with Crippen LogP contribution in [0.5, 0.6) is 17.2 Å². The summed E-state index contributed by atoms with van der Waals surface area (Å²) in [5.74, 6) is 1.05.